The third-order valence-electron chi connectivity index (χ3n) is 5.66. The molecule has 0 aliphatic rings. The molecule has 202 valence electrons. The smallest absolute Gasteiger partial charge is 0.406 e. The Kier molecular flexibility index (Phi) is 14.8. The molecule has 0 radical (unpaired) electrons. The Morgan fingerprint density at radius 3 is 2.39 bits per heavy atom. The minimum atomic E-state index is -0.800. The number of amides is 1. The van der Waals surface area contributed by atoms with Crippen molar-refractivity contribution in [2.75, 3.05) is 13.7 Å². The predicted molar refractivity (Wildman–Crippen MR) is 145 cm³/mol. The molecule has 1 unspecified atom stereocenters. The van der Waals surface area contributed by atoms with E-state index in [1.165, 1.54) is 38.9 Å². The number of carbonyl (C=O) groups is 2. The first-order valence-electron chi connectivity index (χ1n) is 12.9. The van der Waals surface area contributed by atoms with Gasteiger partial charge in [0.25, 0.3) is 0 Å². The number of hydrogen-bond acceptors (Lipinski definition) is 7. The molecule has 0 spiro atoms. The summed E-state index contributed by atoms with van der Waals surface area (Å²) in [5.41, 5.74) is -1.09. The molecule has 0 saturated heterocycles. The molecule has 0 aromatic carbocycles. The van der Waals surface area contributed by atoms with E-state index in [1.54, 1.807) is 16.7 Å². The lowest BCUT2D eigenvalue weighted by Crippen LogP contribution is -2.23. The van der Waals surface area contributed by atoms with Crippen LogP contribution in [0.25, 0.3) is 0 Å². The van der Waals surface area contributed by atoms with Gasteiger partial charge in [-0.2, -0.15) is 0 Å². The van der Waals surface area contributed by atoms with E-state index < -0.39 is 17.5 Å². The van der Waals surface area contributed by atoms with Gasteiger partial charge in [-0.25, -0.2) is 9.59 Å². The molecule has 2 N–H and O–H groups in total. The summed E-state index contributed by atoms with van der Waals surface area (Å²) in [5, 5.41) is 12.5. The van der Waals surface area contributed by atoms with Gasteiger partial charge in [-0.1, -0.05) is 47.5 Å². The van der Waals surface area contributed by atoms with Gasteiger partial charge in [0.2, 0.25) is 0 Å². The number of Topliss-reactive ketones (excluding diaryl/α,β-unsaturated/α-hetero) is 1. The van der Waals surface area contributed by atoms with Gasteiger partial charge in [0.05, 0.1) is 7.11 Å². The summed E-state index contributed by atoms with van der Waals surface area (Å²) < 4.78 is 9.62. The van der Waals surface area contributed by atoms with Crippen molar-refractivity contribution in [3.05, 3.63) is 49.7 Å². The zero-order chi connectivity index (χ0) is 27.1. The summed E-state index contributed by atoms with van der Waals surface area (Å²) in [6.45, 7) is 10.8. The fraction of sp³-hybridized carbons (Fsp3) is 0.607. The largest absolute Gasteiger partial charge is 0.507 e. The molecule has 0 aliphatic carbocycles. The molecule has 0 fully saturated rings. The van der Waals surface area contributed by atoms with E-state index in [4.69, 9.17) is 4.42 Å². The summed E-state index contributed by atoms with van der Waals surface area (Å²) >= 11 is 2.00. The molecule has 36 heavy (non-hydrogen) atoms. The number of unbranched alkanes of at least 4 members (excludes halogenated alkanes) is 2. The van der Waals surface area contributed by atoms with Crippen LogP contribution in [0.2, 0.25) is 0 Å². The van der Waals surface area contributed by atoms with Crippen LogP contribution in [0, 0.1) is 5.92 Å². The van der Waals surface area contributed by atoms with Crippen molar-refractivity contribution in [1.82, 2.24) is 5.32 Å². The van der Waals surface area contributed by atoms with Crippen LogP contribution in [0.5, 0.6) is 5.75 Å². The third kappa shape index (κ3) is 11.4. The van der Waals surface area contributed by atoms with Crippen molar-refractivity contribution in [2.24, 2.45) is 5.92 Å². The first-order valence-corrected chi connectivity index (χ1v) is 13.7. The van der Waals surface area contributed by atoms with Crippen LogP contribution in [0.4, 0.5) is 4.79 Å². The number of ketones is 1. The Morgan fingerprint density at radius 1 is 1.11 bits per heavy atom. The third-order valence-corrected chi connectivity index (χ3v) is 6.82. The zero-order valence-electron chi connectivity index (χ0n) is 22.6. The SMILES string of the molecule is CCC(=O)c1c(O)cc(C(C)CCCCNC(=O)OC)oc1=O.CCCCc1ccc(CC(C)C)s1. The summed E-state index contributed by atoms with van der Waals surface area (Å²) in [7, 11) is 1.30. The number of alkyl carbamates (subject to hydrolysis) is 1. The van der Waals surface area contributed by atoms with Crippen LogP contribution in [0.15, 0.2) is 27.4 Å². The lowest BCUT2D eigenvalue weighted by Gasteiger charge is -2.11. The first kappa shape index (κ1) is 31.4. The summed E-state index contributed by atoms with van der Waals surface area (Å²) in [5.74, 6) is 0.280. The highest BCUT2D eigenvalue weighted by atomic mass is 32.1. The minimum absolute atomic E-state index is 0.0856. The number of methoxy groups -OCH3 is 1. The molecule has 2 aromatic heterocycles. The van der Waals surface area contributed by atoms with E-state index in [1.807, 2.05) is 18.3 Å². The maximum atomic E-state index is 11.8. The van der Waals surface area contributed by atoms with Gasteiger partial charge in [-0.05, 0) is 50.2 Å². The van der Waals surface area contributed by atoms with Gasteiger partial charge in [-0.3, -0.25) is 4.79 Å². The van der Waals surface area contributed by atoms with Crippen molar-refractivity contribution in [3.63, 3.8) is 0 Å². The van der Waals surface area contributed by atoms with E-state index in [0.717, 1.165) is 18.8 Å². The predicted octanol–water partition coefficient (Wildman–Crippen LogP) is 6.86. The Labute approximate surface area is 219 Å². The number of ether oxygens (including phenoxy) is 1. The topological polar surface area (TPSA) is 106 Å². The number of nitrogens with one attached hydrogen (secondary N) is 1. The molecule has 7 nitrogen and oxygen atoms in total. The number of thiophene rings is 1. The van der Waals surface area contributed by atoms with Gasteiger partial charge >= 0.3 is 11.7 Å². The molecule has 8 heteroatoms. The molecule has 1 atom stereocenters. The van der Waals surface area contributed by atoms with Gasteiger partial charge < -0.3 is 19.6 Å². The standard InChI is InChI=1S/C16H23NO6.C12H20S/c1-4-11(18)14-12(19)9-13(23-15(14)20)10(2)7-5-6-8-17-16(21)22-3;1-4-5-6-11-7-8-12(13-11)9-10(2)3/h9-10,19H,4-8H2,1-3H3,(H,17,21);7-8,10H,4-6,9H2,1-3H3. The molecular formula is C28H43NO6S. The van der Waals surface area contributed by atoms with E-state index in [0.29, 0.717) is 18.7 Å². The highest BCUT2D eigenvalue weighted by Crippen LogP contribution is 2.25. The van der Waals surface area contributed by atoms with E-state index in [9.17, 15) is 19.5 Å². The second kappa shape index (κ2) is 17.0. The van der Waals surface area contributed by atoms with Gasteiger partial charge in [-0.15, -0.1) is 11.3 Å². The monoisotopic (exact) mass is 521 g/mol. The summed E-state index contributed by atoms with van der Waals surface area (Å²) in [4.78, 5) is 37.4. The van der Waals surface area contributed by atoms with E-state index in [2.05, 4.69) is 43.0 Å². The van der Waals surface area contributed by atoms with Crippen LogP contribution in [-0.4, -0.2) is 30.6 Å². The fourth-order valence-corrected chi connectivity index (χ4v) is 4.85. The molecule has 0 bridgehead atoms. The van der Waals surface area contributed by atoms with Crippen LogP contribution >= 0.6 is 11.3 Å². The van der Waals surface area contributed by atoms with Gasteiger partial charge in [0.15, 0.2) is 5.78 Å². The molecule has 2 heterocycles. The van der Waals surface area contributed by atoms with Crippen LogP contribution < -0.4 is 10.9 Å². The fourth-order valence-electron chi connectivity index (χ4n) is 3.58. The zero-order valence-corrected chi connectivity index (χ0v) is 23.5. The average Bonchev–Trinajstić information content (AvgIpc) is 3.28. The molecule has 2 aromatic rings. The Bertz CT molecular complexity index is 994. The molecule has 0 aliphatic heterocycles. The average molecular weight is 522 g/mol. The highest BCUT2D eigenvalue weighted by Gasteiger charge is 2.19. The maximum Gasteiger partial charge on any atom is 0.406 e. The Hall–Kier alpha value is -2.61. The van der Waals surface area contributed by atoms with Gasteiger partial charge in [0, 0.05) is 34.7 Å². The van der Waals surface area contributed by atoms with Gasteiger partial charge in [0.1, 0.15) is 17.1 Å². The molecule has 2 rings (SSSR count). The number of carbonyl (C=O) groups excluding carboxylic acids is 2. The summed E-state index contributed by atoms with van der Waals surface area (Å²) in [6, 6.07) is 5.94. The van der Waals surface area contributed by atoms with Crippen molar-refractivity contribution >= 4 is 23.2 Å². The Morgan fingerprint density at radius 2 is 1.81 bits per heavy atom. The maximum absolute atomic E-state index is 11.8. The van der Waals surface area contributed by atoms with Crippen molar-refractivity contribution < 1.29 is 23.8 Å². The van der Waals surface area contributed by atoms with Crippen molar-refractivity contribution in [3.8, 4) is 5.75 Å². The van der Waals surface area contributed by atoms with Crippen LogP contribution in [0.3, 0.4) is 0 Å². The second-order valence-electron chi connectivity index (χ2n) is 9.36. The number of hydrogen-bond donors (Lipinski definition) is 2. The summed E-state index contributed by atoms with van der Waals surface area (Å²) in [6.07, 6.45) is 7.08. The lowest BCUT2D eigenvalue weighted by atomic mass is 10.00. The van der Waals surface area contributed by atoms with E-state index in [-0.39, 0.29) is 23.7 Å². The molecular weight excluding hydrogens is 478 g/mol. The minimum Gasteiger partial charge on any atom is -0.507 e. The van der Waals surface area contributed by atoms with Crippen molar-refractivity contribution in [2.45, 2.75) is 91.9 Å². The Balaban J connectivity index is 0.000000420. The number of rotatable bonds is 13. The molecule has 1 amide bonds. The lowest BCUT2D eigenvalue weighted by molar-refractivity contribution is 0.0980. The number of aryl methyl sites for hydroxylation is 1. The second-order valence-corrected chi connectivity index (χ2v) is 10.6. The normalized spacial score (nSPS) is 11.5. The van der Waals surface area contributed by atoms with Crippen LogP contribution in [-0.2, 0) is 17.6 Å². The molecule has 0 saturated carbocycles. The first-order chi connectivity index (χ1) is 17.1. The van der Waals surface area contributed by atoms with E-state index >= 15 is 0 Å². The highest BCUT2D eigenvalue weighted by molar-refractivity contribution is 7.11. The number of aromatic hydroxyl groups is 1. The van der Waals surface area contributed by atoms with Crippen LogP contribution in [0.1, 0.15) is 105 Å². The van der Waals surface area contributed by atoms with Crippen molar-refractivity contribution in [1.29, 1.82) is 0 Å². The quantitative estimate of drug-likeness (QED) is 0.220.